The van der Waals surface area contributed by atoms with Gasteiger partial charge in [0.1, 0.15) is 13.2 Å². The zero-order valence-electron chi connectivity index (χ0n) is 14.0. The smallest absolute Gasteiger partial charge is 0.254 e. The highest BCUT2D eigenvalue weighted by molar-refractivity contribution is 5.95. The Hall–Kier alpha value is -2.24. The van der Waals surface area contributed by atoms with Crippen molar-refractivity contribution < 1.29 is 19.1 Å². The number of nitrogens with one attached hydrogen (secondary N) is 1. The van der Waals surface area contributed by atoms with Crippen molar-refractivity contribution in [1.29, 1.82) is 0 Å². The van der Waals surface area contributed by atoms with Crippen LogP contribution in [0.15, 0.2) is 18.2 Å². The second-order valence-electron chi connectivity index (χ2n) is 6.24. The highest BCUT2D eigenvalue weighted by Crippen LogP contribution is 2.31. The molecule has 6 nitrogen and oxygen atoms in total. The molecule has 1 unspecified atom stereocenters. The van der Waals surface area contributed by atoms with Crippen LogP contribution in [0.1, 0.15) is 36.5 Å². The molecular formula is C18H24N2O4. The molecule has 0 aromatic heterocycles. The van der Waals surface area contributed by atoms with Crippen LogP contribution in [0.4, 0.5) is 0 Å². The van der Waals surface area contributed by atoms with Crippen molar-refractivity contribution >= 4 is 11.8 Å². The summed E-state index contributed by atoms with van der Waals surface area (Å²) in [5.74, 6) is 1.16. The summed E-state index contributed by atoms with van der Waals surface area (Å²) in [5, 5.41) is 2.93. The van der Waals surface area contributed by atoms with Gasteiger partial charge in [0.2, 0.25) is 5.91 Å². The van der Waals surface area contributed by atoms with Crippen LogP contribution in [0.5, 0.6) is 11.5 Å². The zero-order valence-corrected chi connectivity index (χ0v) is 14.0. The maximum absolute atomic E-state index is 12.8. The third kappa shape index (κ3) is 3.63. The maximum atomic E-state index is 12.8. The predicted molar refractivity (Wildman–Crippen MR) is 89.4 cm³/mol. The molecule has 1 fully saturated rings. The van der Waals surface area contributed by atoms with E-state index in [9.17, 15) is 9.59 Å². The number of carbonyl (C=O) groups excluding carboxylic acids is 2. The van der Waals surface area contributed by atoms with Gasteiger partial charge in [-0.15, -0.1) is 0 Å². The summed E-state index contributed by atoms with van der Waals surface area (Å²) in [6.45, 7) is 4.90. The monoisotopic (exact) mass is 332 g/mol. The van der Waals surface area contributed by atoms with E-state index < -0.39 is 0 Å². The van der Waals surface area contributed by atoms with Crippen LogP contribution in [0.2, 0.25) is 0 Å². The van der Waals surface area contributed by atoms with Gasteiger partial charge in [-0.25, -0.2) is 0 Å². The lowest BCUT2D eigenvalue weighted by Crippen LogP contribution is -2.45. The lowest BCUT2D eigenvalue weighted by atomic mass is 9.96. The minimum absolute atomic E-state index is 0.0523. The fourth-order valence-corrected chi connectivity index (χ4v) is 3.13. The lowest BCUT2D eigenvalue weighted by molar-refractivity contribution is -0.126. The third-order valence-electron chi connectivity index (χ3n) is 4.42. The number of benzene rings is 1. The number of nitrogens with zero attached hydrogens (tertiary/aromatic N) is 1. The van der Waals surface area contributed by atoms with Gasteiger partial charge in [-0.3, -0.25) is 9.59 Å². The van der Waals surface area contributed by atoms with Crippen molar-refractivity contribution in [3.63, 3.8) is 0 Å². The van der Waals surface area contributed by atoms with Crippen LogP contribution in [0.25, 0.3) is 0 Å². The van der Waals surface area contributed by atoms with Crippen molar-refractivity contribution in [3.8, 4) is 11.5 Å². The van der Waals surface area contributed by atoms with Crippen LogP contribution in [-0.4, -0.2) is 49.6 Å². The number of amides is 2. The summed E-state index contributed by atoms with van der Waals surface area (Å²) in [6.07, 6.45) is 2.60. The molecule has 0 bridgehead atoms. The molecule has 0 radical (unpaired) electrons. The Balaban J connectivity index is 1.67. The zero-order chi connectivity index (χ0) is 16.9. The summed E-state index contributed by atoms with van der Waals surface area (Å²) < 4.78 is 11.0. The standard InChI is InChI=1S/C18H24N2O4/c1-2-7-19-17(21)14-4-3-8-20(12-14)18(22)13-5-6-15-16(11-13)24-10-9-23-15/h5-6,11,14H,2-4,7-10,12H2,1H3,(H,19,21). The largest absolute Gasteiger partial charge is 0.486 e. The first-order chi connectivity index (χ1) is 11.7. The third-order valence-corrected chi connectivity index (χ3v) is 4.42. The summed E-state index contributed by atoms with van der Waals surface area (Å²) >= 11 is 0. The summed E-state index contributed by atoms with van der Waals surface area (Å²) in [5.41, 5.74) is 0.578. The number of likely N-dealkylation sites (tertiary alicyclic amines) is 1. The molecule has 0 aliphatic carbocycles. The average molecular weight is 332 g/mol. The highest BCUT2D eigenvalue weighted by Gasteiger charge is 2.29. The highest BCUT2D eigenvalue weighted by atomic mass is 16.6. The average Bonchev–Trinajstić information content (AvgIpc) is 2.65. The molecule has 1 atom stereocenters. The van der Waals surface area contributed by atoms with Crippen molar-refractivity contribution in [2.24, 2.45) is 5.92 Å². The van der Waals surface area contributed by atoms with E-state index >= 15 is 0 Å². The molecule has 6 heteroatoms. The van der Waals surface area contributed by atoms with E-state index in [2.05, 4.69) is 5.32 Å². The molecule has 2 amide bonds. The van der Waals surface area contributed by atoms with E-state index in [0.717, 1.165) is 19.3 Å². The number of hydrogen-bond donors (Lipinski definition) is 1. The Labute approximate surface area is 142 Å². The second kappa shape index (κ2) is 7.55. The second-order valence-corrected chi connectivity index (χ2v) is 6.24. The van der Waals surface area contributed by atoms with Gasteiger partial charge < -0.3 is 19.7 Å². The Morgan fingerprint density at radius 3 is 2.83 bits per heavy atom. The molecule has 24 heavy (non-hydrogen) atoms. The minimum Gasteiger partial charge on any atom is -0.486 e. The lowest BCUT2D eigenvalue weighted by Gasteiger charge is -2.32. The molecule has 2 aliphatic heterocycles. The molecule has 130 valence electrons. The molecular weight excluding hydrogens is 308 g/mol. The maximum Gasteiger partial charge on any atom is 0.254 e. The fourth-order valence-electron chi connectivity index (χ4n) is 3.13. The first-order valence-corrected chi connectivity index (χ1v) is 8.65. The van der Waals surface area contributed by atoms with Gasteiger partial charge in [0.25, 0.3) is 5.91 Å². The molecule has 1 aromatic carbocycles. The molecule has 0 spiro atoms. The van der Waals surface area contributed by atoms with Gasteiger partial charge in [-0.05, 0) is 37.5 Å². The molecule has 1 saturated heterocycles. The molecule has 0 saturated carbocycles. The molecule has 2 heterocycles. The van der Waals surface area contributed by atoms with E-state index in [1.807, 2.05) is 6.92 Å². The summed E-state index contributed by atoms with van der Waals surface area (Å²) in [6, 6.07) is 5.27. The number of hydrogen-bond acceptors (Lipinski definition) is 4. The van der Waals surface area contributed by atoms with Crippen LogP contribution in [0.3, 0.4) is 0 Å². The Kier molecular flexibility index (Phi) is 5.23. The van der Waals surface area contributed by atoms with Crippen molar-refractivity contribution in [2.75, 3.05) is 32.8 Å². The number of piperidine rings is 1. The molecule has 1 aromatic rings. The van der Waals surface area contributed by atoms with Gasteiger partial charge >= 0.3 is 0 Å². The van der Waals surface area contributed by atoms with Gasteiger partial charge in [0, 0.05) is 25.2 Å². The number of rotatable bonds is 4. The summed E-state index contributed by atoms with van der Waals surface area (Å²) in [4.78, 5) is 26.7. The molecule has 3 rings (SSSR count). The minimum atomic E-state index is -0.119. The first-order valence-electron chi connectivity index (χ1n) is 8.65. The quantitative estimate of drug-likeness (QED) is 0.913. The van der Waals surface area contributed by atoms with Crippen LogP contribution in [-0.2, 0) is 4.79 Å². The Bertz CT molecular complexity index is 617. The fraction of sp³-hybridized carbons (Fsp3) is 0.556. The van der Waals surface area contributed by atoms with Crippen molar-refractivity contribution in [1.82, 2.24) is 10.2 Å². The van der Waals surface area contributed by atoms with Crippen molar-refractivity contribution in [3.05, 3.63) is 23.8 Å². The Morgan fingerprint density at radius 1 is 1.25 bits per heavy atom. The molecule has 2 aliphatic rings. The first kappa shape index (κ1) is 16.6. The number of carbonyl (C=O) groups is 2. The van der Waals surface area contributed by atoms with E-state index in [4.69, 9.17) is 9.47 Å². The van der Waals surface area contributed by atoms with Crippen LogP contribution >= 0.6 is 0 Å². The normalized spacial score (nSPS) is 19.7. The van der Waals surface area contributed by atoms with Gasteiger partial charge in [-0.2, -0.15) is 0 Å². The number of fused-ring (bicyclic) bond motifs is 1. The van der Waals surface area contributed by atoms with E-state index in [1.54, 1.807) is 23.1 Å². The summed E-state index contributed by atoms with van der Waals surface area (Å²) in [7, 11) is 0. The predicted octanol–water partition coefficient (Wildman–Crippen LogP) is 1.84. The van der Waals surface area contributed by atoms with Gasteiger partial charge in [-0.1, -0.05) is 6.92 Å². The SMILES string of the molecule is CCCNC(=O)C1CCCN(C(=O)c2ccc3c(c2)OCCO3)C1. The number of ether oxygens (including phenoxy) is 2. The van der Waals surface area contributed by atoms with Gasteiger partial charge in [0.15, 0.2) is 11.5 Å². The van der Waals surface area contributed by atoms with E-state index in [-0.39, 0.29) is 17.7 Å². The van der Waals surface area contributed by atoms with Crippen LogP contribution in [0, 0.1) is 5.92 Å². The topological polar surface area (TPSA) is 67.9 Å². The Morgan fingerprint density at radius 2 is 2.04 bits per heavy atom. The van der Waals surface area contributed by atoms with E-state index in [0.29, 0.717) is 49.9 Å². The van der Waals surface area contributed by atoms with Gasteiger partial charge in [0.05, 0.1) is 5.92 Å². The van der Waals surface area contributed by atoms with Crippen molar-refractivity contribution in [2.45, 2.75) is 26.2 Å². The van der Waals surface area contributed by atoms with Crippen LogP contribution < -0.4 is 14.8 Å². The van der Waals surface area contributed by atoms with E-state index in [1.165, 1.54) is 0 Å². The molecule has 1 N–H and O–H groups in total.